The third-order valence-corrected chi connectivity index (χ3v) is 6.11. The second-order valence-electron chi connectivity index (χ2n) is 6.90. The molecule has 0 spiro atoms. The van der Waals surface area contributed by atoms with Gasteiger partial charge in [0.05, 0.1) is 10.5 Å². The summed E-state index contributed by atoms with van der Waals surface area (Å²) in [6, 6.07) is 19.0. The molecule has 8 heteroatoms. The number of hydrogen-bond donors (Lipinski definition) is 2. The molecule has 0 saturated heterocycles. The molecule has 2 N–H and O–H groups in total. The molecule has 31 heavy (non-hydrogen) atoms. The normalized spacial score (nSPS) is 11.0. The van der Waals surface area contributed by atoms with Crippen molar-refractivity contribution in [1.29, 1.82) is 5.26 Å². The van der Waals surface area contributed by atoms with E-state index < -0.39 is 10.0 Å². The average Bonchev–Trinajstić information content (AvgIpc) is 2.78. The van der Waals surface area contributed by atoms with Crippen LogP contribution in [0.15, 0.2) is 71.6 Å². The second kappa shape index (κ2) is 9.51. The molecular weight excluding hydrogens is 417 g/mol. The van der Waals surface area contributed by atoms with Crippen LogP contribution >= 0.6 is 0 Å². The average molecular weight is 437 g/mol. The van der Waals surface area contributed by atoms with Gasteiger partial charge >= 0.3 is 0 Å². The highest BCUT2D eigenvalue weighted by atomic mass is 32.2. The fraction of sp³-hybridized carbons (Fsp3) is 0.130. The molecule has 0 aromatic heterocycles. The molecule has 0 aliphatic carbocycles. The Labute approximate surface area is 180 Å². The molecule has 0 saturated carbocycles. The molecule has 0 fully saturated rings. The Bertz CT molecular complexity index is 1250. The van der Waals surface area contributed by atoms with E-state index in [9.17, 15) is 17.6 Å². The van der Waals surface area contributed by atoms with Crippen molar-refractivity contribution in [3.05, 3.63) is 100 Å². The van der Waals surface area contributed by atoms with Crippen LogP contribution in [-0.2, 0) is 23.1 Å². The lowest BCUT2D eigenvalue weighted by Crippen LogP contribution is -2.24. The summed E-state index contributed by atoms with van der Waals surface area (Å²) in [5.74, 6) is -0.588. The fourth-order valence-corrected chi connectivity index (χ4v) is 4.10. The van der Waals surface area contributed by atoms with Gasteiger partial charge in [0.2, 0.25) is 10.0 Å². The highest BCUT2D eigenvalue weighted by molar-refractivity contribution is 7.89. The van der Waals surface area contributed by atoms with Gasteiger partial charge in [0, 0.05) is 18.7 Å². The van der Waals surface area contributed by atoms with E-state index in [1.54, 1.807) is 55.5 Å². The Hall–Kier alpha value is -3.54. The van der Waals surface area contributed by atoms with E-state index in [2.05, 4.69) is 10.0 Å². The molecule has 3 aromatic carbocycles. The minimum Gasteiger partial charge on any atom is -0.348 e. The maximum absolute atomic E-state index is 13.3. The Kier molecular flexibility index (Phi) is 6.80. The SMILES string of the molecule is Cc1cc(CNC(=O)c2ccc(CNS(=O)(=O)c3ccccc3C#N)cc2)ccc1F. The van der Waals surface area contributed by atoms with E-state index in [1.807, 2.05) is 6.07 Å². The lowest BCUT2D eigenvalue weighted by molar-refractivity contribution is 0.0951. The lowest BCUT2D eigenvalue weighted by atomic mass is 10.1. The van der Waals surface area contributed by atoms with Crippen LogP contribution < -0.4 is 10.0 Å². The number of sulfonamides is 1. The smallest absolute Gasteiger partial charge is 0.251 e. The molecule has 0 aliphatic heterocycles. The predicted molar refractivity (Wildman–Crippen MR) is 114 cm³/mol. The number of carbonyl (C=O) groups is 1. The predicted octanol–water partition coefficient (Wildman–Crippen LogP) is 3.41. The van der Waals surface area contributed by atoms with Crippen LogP contribution in [0.5, 0.6) is 0 Å². The fourth-order valence-electron chi connectivity index (χ4n) is 2.92. The Morgan fingerprint density at radius 1 is 1.00 bits per heavy atom. The number of carbonyl (C=O) groups excluding carboxylic acids is 1. The van der Waals surface area contributed by atoms with Gasteiger partial charge in [0.25, 0.3) is 5.91 Å². The molecule has 0 heterocycles. The van der Waals surface area contributed by atoms with Crippen molar-refractivity contribution in [2.45, 2.75) is 24.9 Å². The van der Waals surface area contributed by atoms with E-state index in [0.717, 1.165) is 5.56 Å². The summed E-state index contributed by atoms with van der Waals surface area (Å²) >= 11 is 0. The van der Waals surface area contributed by atoms with Crippen molar-refractivity contribution in [3.8, 4) is 6.07 Å². The van der Waals surface area contributed by atoms with Gasteiger partial charge in [0.1, 0.15) is 11.9 Å². The van der Waals surface area contributed by atoms with Crippen LogP contribution in [0.1, 0.15) is 32.6 Å². The standard InChI is InChI=1S/C23H20FN3O3S/c1-16-12-18(8-11-21(16)24)14-26-23(28)19-9-6-17(7-10-19)15-27-31(29,30)22-5-3-2-4-20(22)13-25/h2-12,27H,14-15H2,1H3,(H,26,28). The van der Waals surface area contributed by atoms with E-state index in [0.29, 0.717) is 16.7 Å². The van der Waals surface area contributed by atoms with Gasteiger partial charge in [-0.1, -0.05) is 36.4 Å². The van der Waals surface area contributed by atoms with Gasteiger partial charge in [-0.3, -0.25) is 4.79 Å². The van der Waals surface area contributed by atoms with E-state index in [-0.39, 0.29) is 35.3 Å². The zero-order chi connectivity index (χ0) is 22.4. The van der Waals surface area contributed by atoms with Crippen molar-refractivity contribution < 1.29 is 17.6 Å². The summed E-state index contributed by atoms with van der Waals surface area (Å²) in [5, 5.41) is 11.9. The summed E-state index contributed by atoms with van der Waals surface area (Å²) in [6.07, 6.45) is 0. The first-order chi connectivity index (χ1) is 14.8. The highest BCUT2D eigenvalue weighted by Crippen LogP contribution is 2.15. The van der Waals surface area contributed by atoms with Gasteiger partial charge in [-0.05, 0) is 53.9 Å². The topological polar surface area (TPSA) is 99.1 Å². The Morgan fingerprint density at radius 3 is 2.35 bits per heavy atom. The molecule has 0 unspecified atom stereocenters. The molecule has 3 aromatic rings. The van der Waals surface area contributed by atoms with Gasteiger partial charge in [0.15, 0.2) is 0 Å². The zero-order valence-electron chi connectivity index (χ0n) is 16.7. The van der Waals surface area contributed by atoms with Gasteiger partial charge in [-0.15, -0.1) is 0 Å². The highest BCUT2D eigenvalue weighted by Gasteiger charge is 2.17. The number of nitriles is 1. The van der Waals surface area contributed by atoms with Crippen LogP contribution in [-0.4, -0.2) is 14.3 Å². The number of benzene rings is 3. The van der Waals surface area contributed by atoms with Crippen LogP contribution in [0.3, 0.4) is 0 Å². The Morgan fingerprint density at radius 2 is 1.68 bits per heavy atom. The molecule has 1 amide bonds. The van der Waals surface area contributed by atoms with Crippen LogP contribution in [0, 0.1) is 24.1 Å². The van der Waals surface area contributed by atoms with Gasteiger partial charge in [-0.2, -0.15) is 5.26 Å². The number of halogens is 1. The van der Waals surface area contributed by atoms with Crippen molar-refractivity contribution in [3.63, 3.8) is 0 Å². The molecule has 3 rings (SSSR count). The van der Waals surface area contributed by atoms with E-state index in [1.165, 1.54) is 18.2 Å². The number of nitrogens with one attached hydrogen (secondary N) is 2. The molecule has 0 radical (unpaired) electrons. The first kappa shape index (κ1) is 22.2. The van der Waals surface area contributed by atoms with Crippen molar-refractivity contribution in [2.75, 3.05) is 0 Å². The number of hydrogen-bond acceptors (Lipinski definition) is 4. The minimum atomic E-state index is -3.85. The summed E-state index contributed by atoms with van der Waals surface area (Å²) in [5.41, 5.74) is 2.44. The Balaban J connectivity index is 1.60. The lowest BCUT2D eigenvalue weighted by Gasteiger charge is -2.09. The van der Waals surface area contributed by atoms with Crippen LogP contribution in [0.4, 0.5) is 4.39 Å². The molecule has 158 valence electrons. The first-order valence-corrected chi connectivity index (χ1v) is 10.9. The largest absolute Gasteiger partial charge is 0.348 e. The number of rotatable bonds is 7. The zero-order valence-corrected chi connectivity index (χ0v) is 17.5. The molecule has 0 atom stereocenters. The van der Waals surface area contributed by atoms with Gasteiger partial charge in [-0.25, -0.2) is 17.5 Å². The number of aryl methyl sites for hydroxylation is 1. The minimum absolute atomic E-state index is 0.0127. The quantitative estimate of drug-likeness (QED) is 0.592. The van der Waals surface area contributed by atoms with E-state index in [4.69, 9.17) is 5.26 Å². The molecule has 0 bridgehead atoms. The van der Waals surface area contributed by atoms with Crippen molar-refractivity contribution >= 4 is 15.9 Å². The summed E-state index contributed by atoms with van der Waals surface area (Å²) in [7, 11) is -3.85. The van der Waals surface area contributed by atoms with Crippen LogP contribution in [0.25, 0.3) is 0 Å². The third kappa shape index (κ3) is 5.54. The summed E-state index contributed by atoms with van der Waals surface area (Å²) in [4.78, 5) is 12.2. The maximum Gasteiger partial charge on any atom is 0.251 e. The summed E-state index contributed by atoms with van der Waals surface area (Å²) < 4.78 is 40.7. The molecular formula is C23H20FN3O3S. The number of amides is 1. The van der Waals surface area contributed by atoms with Crippen molar-refractivity contribution in [2.24, 2.45) is 0 Å². The summed E-state index contributed by atoms with van der Waals surface area (Å²) in [6.45, 7) is 1.94. The first-order valence-electron chi connectivity index (χ1n) is 9.41. The number of nitrogens with zero attached hydrogens (tertiary/aromatic N) is 1. The third-order valence-electron chi connectivity index (χ3n) is 4.65. The van der Waals surface area contributed by atoms with E-state index >= 15 is 0 Å². The van der Waals surface area contributed by atoms with Gasteiger partial charge < -0.3 is 5.32 Å². The molecule has 6 nitrogen and oxygen atoms in total. The molecule has 0 aliphatic rings. The van der Waals surface area contributed by atoms with Crippen LogP contribution in [0.2, 0.25) is 0 Å². The maximum atomic E-state index is 13.3. The second-order valence-corrected chi connectivity index (χ2v) is 8.63. The monoisotopic (exact) mass is 437 g/mol. The van der Waals surface area contributed by atoms with Crippen molar-refractivity contribution in [1.82, 2.24) is 10.0 Å².